The fourth-order valence-corrected chi connectivity index (χ4v) is 2.37. The van der Waals surface area contributed by atoms with Gasteiger partial charge in [0.05, 0.1) is 0 Å². The van der Waals surface area contributed by atoms with Crippen molar-refractivity contribution in [1.82, 2.24) is 10.2 Å². The standard InChI is InChI=1S/C15H24N2/c1-13-3-5-15(6-4-13)14(2)7-10-17-11-8-16-9-12-17/h3-6,14,16H,7-12H2,1-2H3. The molecule has 1 aliphatic rings. The highest BCUT2D eigenvalue weighted by Crippen LogP contribution is 2.19. The molecule has 2 nitrogen and oxygen atoms in total. The zero-order valence-electron chi connectivity index (χ0n) is 11.1. The van der Waals surface area contributed by atoms with Crippen LogP contribution in [0.4, 0.5) is 0 Å². The van der Waals surface area contributed by atoms with Gasteiger partial charge >= 0.3 is 0 Å². The molecule has 1 aromatic carbocycles. The van der Waals surface area contributed by atoms with Gasteiger partial charge in [0.25, 0.3) is 0 Å². The van der Waals surface area contributed by atoms with Crippen molar-refractivity contribution in [3.05, 3.63) is 35.4 Å². The van der Waals surface area contributed by atoms with Gasteiger partial charge in [-0.25, -0.2) is 0 Å². The summed E-state index contributed by atoms with van der Waals surface area (Å²) < 4.78 is 0. The van der Waals surface area contributed by atoms with Gasteiger partial charge in [-0.2, -0.15) is 0 Å². The summed E-state index contributed by atoms with van der Waals surface area (Å²) >= 11 is 0. The molecule has 2 rings (SSSR count). The molecule has 1 fully saturated rings. The van der Waals surface area contributed by atoms with E-state index in [0.717, 1.165) is 13.1 Å². The van der Waals surface area contributed by atoms with Gasteiger partial charge in [-0.1, -0.05) is 36.8 Å². The average molecular weight is 232 g/mol. The number of benzene rings is 1. The number of hydrogen-bond donors (Lipinski definition) is 1. The van der Waals surface area contributed by atoms with E-state index in [1.54, 1.807) is 0 Å². The number of nitrogens with one attached hydrogen (secondary N) is 1. The fourth-order valence-electron chi connectivity index (χ4n) is 2.37. The molecule has 1 unspecified atom stereocenters. The maximum atomic E-state index is 3.40. The van der Waals surface area contributed by atoms with Gasteiger partial charge in [0.1, 0.15) is 0 Å². The molecule has 0 bridgehead atoms. The Bertz CT molecular complexity index is 325. The molecule has 0 amide bonds. The van der Waals surface area contributed by atoms with Crippen LogP contribution in [0.5, 0.6) is 0 Å². The molecule has 94 valence electrons. The monoisotopic (exact) mass is 232 g/mol. The molecule has 1 saturated heterocycles. The summed E-state index contributed by atoms with van der Waals surface area (Å²) in [5.41, 5.74) is 2.83. The first-order valence-electron chi connectivity index (χ1n) is 6.75. The van der Waals surface area contributed by atoms with Gasteiger partial charge in [0, 0.05) is 26.2 Å². The second kappa shape index (κ2) is 6.18. The maximum Gasteiger partial charge on any atom is 0.0107 e. The van der Waals surface area contributed by atoms with E-state index < -0.39 is 0 Å². The van der Waals surface area contributed by atoms with Crippen molar-refractivity contribution < 1.29 is 0 Å². The van der Waals surface area contributed by atoms with E-state index in [2.05, 4.69) is 48.3 Å². The summed E-state index contributed by atoms with van der Waals surface area (Å²) in [5.74, 6) is 0.672. The van der Waals surface area contributed by atoms with Crippen LogP contribution in [0.25, 0.3) is 0 Å². The second-order valence-corrected chi connectivity index (χ2v) is 5.19. The maximum absolute atomic E-state index is 3.40. The van der Waals surface area contributed by atoms with Crippen LogP contribution >= 0.6 is 0 Å². The van der Waals surface area contributed by atoms with Gasteiger partial charge in [-0.15, -0.1) is 0 Å². The quantitative estimate of drug-likeness (QED) is 0.857. The topological polar surface area (TPSA) is 15.3 Å². The molecule has 1 heterocycles. The molecular weight excluding hydrogens is 208 g/mol. The van der Waals surface area contributed by atoms with E-state index in [-0.39, 0.29) is 0 Å². The van der Waals surface area contributed by atoms with E-state index in [0.29, 0.717) is 5.92 Å². The lowest BCUT2D eigenvalue weighted by Gasteiger charge is -2.28. The largest absolute Gasteiger partial charge is 0.314 e. The van der Waals surface area contributed by atoms with E-state index in [1.165, 1.54) is 37.2 Å². The molecule has 0 saturated carbocycles. The number of nitrogens with zero attached hydrogens (tertiary/aromatic N) is 1. The van der Waals surface area contributed by atoms with Crippen LogP contribution in [0.15, 0.2) is 24.3 Å². The predicted octanol–water partition coefficient (Wildman–Crippen LogP) is 2.39. The molecule has 1 aromatic rings. The first kappa shape index (κ1) is 12.6. The lowest BCUT2D eigenvalue weighted by atomic mass is 9.96. The highest BCUT2D eigenvalue weighted by Gasteiger charge is 2.11. The Hall–Kier alpha value is -0.860. The Kier molecular flexibility index (Phi) is 4.57. The molecular formula is C15H24N2. The second-order valence-electron chi connectivity index (χ2n) is 5.19. The molecule has 1 aliphatic heterocycles. The van der Waals surface area contributed by atoms with Crippen molar-refractivity contribution in [2.24, 2.45) is 0 Å². The zero-order valence-corrected chi connectivity index (χ0v) is 11.1. The van der Waals surface area contributed by atoms with Crippen LogP contribution in [-0.4, -0.2) is 37.6 Å². The van der Waals surface area contributed by atoms with Crippen LogP contribution in [-0.2, 0) is 0 Å². The Balaban J connectivity index is 1.80. The van der Waals surface area contributed by atoms with Gasteiger partial charge in [-0.05, 0) is 31.4 Å². The van der Waals surface area contributed by atoms with Crippen molar-refractivity contribution in [3.8, 4) is 0 Å². The van der Waals surface area contributed by atoms with Crippen LogP contribution in [0.2, 0.25) is 0 Å². The van der Waals surface area contributed by atoms with E-state index in [1.807, 2.05) is 0 Å². The van der Waals surface area contributed by atoms with Crippen molar-refractivity contribution in [1.29, 1.82) is 0 Å². The number of piperazine rings is 1. The zero-order chi connectivity index (χ0) is 12.1. The van der Waals surface area contributed by atoms with Gasteiger partial charge in [0.2, 0.25) is 0 Å². The SMILES string of the molecule is Cc1ccc(C(C)CCN2CCNCC2)cc1. The smallest absolute Gasteiger partial charge is 0.0107 e. The Morgan fingerprint density at radius 2 is 1.82 bits per heavy atom. The van der Waals surface area contributed by atoms with Crippen LogP contribution < -0.4 is 5.32 Å². The molecule has 0 aliphatic carbocycles. The molecule has 0 spiro atoms. The van der Waals surface area contributed by atoms with Crippen LogP contribution in [0.1, 0.15) is 30.4 Å². The average Bonchev–Trinajstić information content (AvgIpc) is 2.38. The third kappa shape index (κ3) is 3.83. The van der Waals surface area contributed by atoms with Gasteiger partial charge < -0.3 is 10.2 Å². The van der Waals surface area contributed by atoms with Crippen molar-refractivity contribution in [3.63, 3.8) is 0 Å². The summed E-state index contributed by atoms with van der Waals surface area (Å²) in [7, 11) is 0. The Morgan fingerprint density at radius 1 is 1.18 bits per heavy atom. The highest BCUT2D eigenvalue weighted by molar-refractivity contribution is 5.23. The summed E-state index contributed by atoms with van der Waals surface area (Å²) in [6, 6.07) is 8.99. The molecule has 0 radical (unpaired) electrons. The lowest BCUT2D eigenvalue weighted by molar-refractivity contribution is 0.234. The van der Waals surface area contributed by atoms with Crippen molar-refractivity contribution in [2.45, 2.75) is 26.2 Å². The minimum atomic E-state index is 0.672. The molecule has 2 heteroatoms. The summed E-state index contributed by atoms with van der Waals surface area (Å²) in [4.78, 5) is 2.57. The minimum absolute atomic E-state index is 0.672. The fraction of sp³-hybridized carbons (Fsp3) is 0.600. The third-order valence-corrected chi connectivity index (χ3v) is 3.73. The van der Waals surface area contributed by atoms with Gasteiger partial charge in [0.15, 0.2) is 0 Å². The van der Waals surface area contributed by atoms with Crippen LogP contribution in [0, 0.1) is 6.92 Å². The lowest BCUT2D eigenvalue weighted by Crippen LogP contribution is -2.43. The van der Waals surface area contributed by atoms with E-state index in [9.17, 15) is 0 Å². The summed E-state index contributed by atoms with van der Waals surface area (Å²) in [5, 5.41) is 3.40. The number of rotatable bonds is 4. The van der Waals surface area contributed by atoms with E-state index in [4.69, 9.17) is 0 Å². The molecule has 1 N–H and O–H groups in total. The predicted molar refractivity (Wildman–Crippen MR) is 73.5 cm³/mol. The third-order valence-electron chi connectivity index (χ3n) is 3.73. The number of hydrogen-bond acceptors (Lipinski definition) is 2. The molecule has 0 aromatic heterocycles. The summed E-state index contributed by atoms with van der Waals surface area (Å²) in [6.07, 6.45) is 1.27. The Morgan fingerprint density at radius 3 is 2.47 bits per heavy atom. The minimum Gasteiger partial charge on any atom is -0.314 e. The first-order valence-corrected chi connectivity index (χ1v) is 6.75. The number of aryl methyl sites for hydroxylation is 1. The molecule has 1 atom stereocenters. The van der Waals surface area contributed by atoms with Gasteiger partial charge in [-0.3, -0.25) is 0 Å². The first-order chi connectivity index (χ1) is 8.25. The van der Waals surface area contributed by atoms with Crippen molar-refractivity contribution >= 4 is 0 Å². The molecule has 17 heavy (non-hydrogen) atoms. The van der Waals surface area contributed by atoms with Crippen LogP contribution in [0.3, 0.4) is 0 Å². The summed E-state index contributed by atoms with van der Waals surface area (Å²) in [6.45, 7) is 10.4. The Labute approximate surface area is 105 Å². The normalized spacial score (nSPS) is 19.2. The van der Waals surface area contributed by atoms with Crippen molar-refractivity contribution in [2.75, 3.05) is 32.7 Å². The highest BCUT2D eigenvalue weighted by atomic mass is 15.2. The van der Waals surface area contributed by atoms with E-state index >= 15 is 0 Å².